The van der Waals surface area contributed by atoms with E-state index in [4.69, 9.17) is 15.2 Å². The van der Waals surface area contributed by atoms with Gasteiger partial charge in [-0.05, 0) is 18.9 Å². The highest BCUT2D eigenvalue weighted by molar-refractivity contribution is 5.81. The maximum atomic E-state index is 12.1. The molecule has 0 saturated carbocycles. The summed E-state index contributed by atoms with van der Waals surface area (Å²) >= 11 is 0. The molecule has 1 unspecified atom stereocenters. The van der Waals surface area contributed by atoms with Crippen LogP contribution in [0.15, 0.2) is 24.3 Å². The van der Waals surface area contributed by atoms with Crippen LogP contribution in [0.2, 0.25) is 0 Å². The maximum Gasteiger partial charge on any atom is 0.249 e. The van der Waals surface area contributed by atoms with Gasteiger partial charge in [0, 0.05) is 12.1 Å². The molecule has 19 heavy (non-hydrogen) atoms. The highest BCUT2D eigenvalue weighted by Gasteiger charge is 2.33. The van der Waals surface area contributed by atoms with E-state index >= 15 is 0 Å². The zero-order valence-corrected chi connectivity index (χ0v) is 10.7. The fourth-order valence-corrected chi connectivity index (χ4v) is 2.62. The Balaban J connectivity index is 1.62. The fourth-order valence-electron chi connectivity index (χ4n) is 2.62. The lowest BCUT2D eigenvalue weighted by Crippen LogP contribution is -2.38. The first-order valence-corrected chi connectivity index (χ1v) is 6.65. The van der Waals surface area contributed by atoms with Crippen molar-refractivity contribution in [2.45, 2.75) is 31.1 Å². The van der Waals surface area contributed by atoms with Gasteiger partial charge in [-0.2, -0.15) is 0 Å². The van der Waals surface area contributed by atoms with E-state index in [2.05, 4.69) is 5.32 Å². The molecular weight excluding hydrogens is 244 g/mol. The van der Waals surface area contributed by atoms with Crippen LogP contribution in [0, 0.1) is 0 Å². The van der Waals surface area contributed by atoms with Gasteiger partial charge < -0.3 is 20.5 Å². The molecule has 102 valence electrons. The monoisotopic (exact) mass is 262 g/mol. The Morgan fingerprint density at radius 1 is 1.37 bits per heavy atom. The summed E-state index contributed by atoms with van der Waals surface area (Å²) in [5, 5.41) is 2.99. The average Bonchev–Trinajstić information content (AvgIpc) is 3.06. The molecule has 3 rings (SSSR count). The third kappa shape index (κ3) is 2.43. The summed E-state index contributed by atoms with van der Waals surface area (Å²) in [4.78, 5) is 12.1. The van der Waals surface area contributed by atoms with E-state index in [1.807, 2.05) is 24.3 Å². The quantitative estimate of drug-likeness (QED) is 0.842. The highest BCUT2D eigenvalue weighted by atomic mass is 16.5. The standard InChI is InChI=1S/C14H18N2O3/c15-7-9-5-6-13(19-9)14(17)16-11-8-18-12-4-2-1-3-10(11)12/h1-4,9,11,13H,5-8,15H2,(H,16,17)/t9-,11?,13+/m1/s1. The van der Waals surface area contributed by atoms with Crippen LogP contribution in [-0.2, 0) is 9.53 Å². The molecule has 3 atom stereocenters. The molecule has 2 aliphatic rings. The van der Waals surface area contributed by atoms with E-state index in [9.17, 15) is 4.79 Å². The summed E-state index contributed by atoms with van der Waals surface area (Å²) in [7, 11) is 0. The molecule has 1 fully saturated rings. The third-order valence-electron chi connectivity index (χ3n) is 3.68. The van der Waals surface area contributed by atoms with Crippen LogP contribution in [0.3, 0.4) is 0 Å². The van der Waals surface area contributed by atoms with Crippen molar-refractivity contribution in [2.75, 3.05) is 13.2 Å². The molecule has 1 saturated heterocycles. The van der Waals surface area contributed by atoms with Gasteiger partial charge in [-0.3, -0.25) is 4.79 Å². The Kier molecular flexibility index (Phi) is 3.40. The molecule has 5 heteroatoms. The number of nitrogens with one attached hydrogen (secondary N) is 1. The van der Waals surface area contributed by atoms with Crippen LogP contribution < -0.4 is 15.8 Å². The topological polar surface area (TPSA) is 73.6 Å². The Morgan fingerprint density at radius 2 is 2.21 bits per heavy atom. The maximum absolute atomic E-state index is 12.1. The molecule has 0 radical (unpaired) electrons. The second-order valence-electron chi connectivity index (χ2n) is 4.97. The molecule has 5 nitrogen and oxygen atoms in total. The largest absolute Gasteiger partial charge is 0.491 e. The third-order valence-corrected chi connectivity index (χ3v) is 3.68. The van der Waals surface area contributed by atoms with Crippen molar-refractivity contribution in [3.8, 4) is 5.75 Å². The minimum atomic E-state index is -0.374. The smallest absolute Gasteiger partial charge is 0.249 e. The lowest BCUT2D eigenvalue weighted by Gasteiger charge is -2.16. The van der Waals surface area contributed by atoms with Crippen LogP contribution in [-0.4, -0.2) is 31.3 Å². The molecule has 1 aromatic carbocycles. The van der Waals surface area contributed by atoms with Crippen molar-refractivity contribution in [2.24, 2.45) is 5.73 Å². The predicted octanol–water partition coefficient (Wildman–Crippen LogP) is 0.743. The minimum Gasteiger partial charge on any atom is -0.491 e. The molecule has 0 bridgehead atoms. The molecule has 3 N–H and O–H groups in total. The zero-order valence-electron chi connectivity index (χ0n) is 10.7. The van der Waals surface area contributed by atoms with Gasteiger partial charge in [0.05, 0.1) is 12.1 Å². The van der Waals surface area contributed by atoms with E-state index in [-0.39, 0.29) is 24.2 Å². The van der Waals surface area contributed by atoms with Gasteiger partial charge in [0.1, 0.15) is 18.5 Å². The predicted molar refractivity (Wildman–Crippen MR) is 69.8 cm³/mol. The summed E-state index contributed by atoms with van der Waals surface area (Å²) in [6.45, 7) is 0.956. The van der Waals surface area contributed by atoms with Crippen molar-refractivity contribution in [1.82, 2.24) is 5.32 Å². The number of carbonyl (C=O) groups is 1. The van der Waals surface area contributed by atoms with Crippen molar-refractivity contribution in [3.63, 3.8) is 0 Å². The summed E-state index contributed by atoms with van der Waals surface area (Å²) in [6, 6.07) is 7.69. The van der Waals surface area contributed by atoms with Crippen LogP contribution in [0.4, 0.5) is 0 Å². The van der Waals surface area contributed by atoms with Gasteiger partial charge in [0.25, 0.3) is 0 Å². The Labute approximate surface area is 112 Å². The van der Waals surface area contributed by atoms with Crippen molar-refractivity contribution in [3.05, 3.63) is 29.8 Å². The van der Waals surface area contributed by atoms with E-state index in [0.29, 0.717) is 13.2 Å². The number of rotatable bonds is 3. The molecule has 2 aliphatic heterocycles. The van der Waals surface area contributed by atoms with Gasteiger partial charge in [0.15, 0.2) is 0 Å². The normalized spacial score (nSPS) is 28.8. The Morgan fingerprint density at radius 3 is 3.00 bits per heavy atom. The van der Waals surface area contributed by atoms with Gasteiger partial charge in [-0.1, -0.05) is 18.2 Å². The highest BCUT2D eigenvalue weighted by Crippen LogP contribution is 2.32. The van der Waals surface area contributed by atoms with Gasteiger partial charge >= 0.3 is 0 Å². The van der Waals surface area contributed by atoms with E-state index < -0.39 is 0 Å². The van der Waals surface area contributed by atoms with Crippen LogP contribution in [0.5, 0.6) is 5.75 Å². The Hall–Kier alpha value is -1.59. The van der Waals surface area contributed by atoms with Gasteiger partial charge in [0.2, 0.25) is 5.91 Å². The molecule has 2 heterocycles. The second kappa shape index (κ2) is 5.19. The Bertz CT molecular complexity index is 478. The van der Waals surface area contributed by atoms with E-state index in [1.54, 1.807) is 0 Å². The molecule has 0 spiro atoms. The van der Waals surface area contributed by atoms with E-state index in [0.717, 1.165) is 24.2 Å². The van der Waals surface area contributed by atoms with Crippen LogP contribution in [0.25, 0.3) is 0 Å². The number of ether oxygens (including phenoxy) is 2. The average molecular weight is 262 g/mol. The fraction of sp³-hybridized carbons (Fsp3) is 0.500. The number of fused-ring (bicyclic) bond motifs is 1. The summed E-state index contributed by atoms with van der Waals surface area (Å²) in [6.07, 6.45) is 1.24. The van der Waals surface area contributed by atoms with Crippen molar-refractivity contribution >= 4 is 5.91 Å². The zero-order chi connectivity index (χ0) is 13.2. The van der Waals surface area contributed by atoms with Gasteiger partial charge in [-0.15, -0.1) is 0 Å². The number of amides is 1. The molecule has 1 amide bonds. The first-order valence-electron chi connectivity index (χ1n) is 6.65. The number of hydrogen-bond donors (Lipinski definition) is 2. The van der Waals surface area contributed by atoms with Crippen LogP contribution in [0.1, 0.15) is 24.4 Å². The minimum absolute atomic E-state index is 0.0165. The number of benzene rings is 1. The number of nitrogens with two attached hydrogens (primary N) is 1. The van der Waals surface area contributed by atoms with E-state index in [1.165, 1.54) is 0 Å². The lowest BCUT2D eigenvalue weighted by molar-refractivity contribution is -0.132. The van der Waals surface area contributed by atoms with Gasteiger partial charge in [-0.25, -0.2) is 0 Å². The first kappa shape index (κ1) is 12.4. The summed E-state index contributed by atoms with van der Waals surface area (Å²) in [5.74, 6) is 0.779. The summed E-state index contributed by atoms with van der Waals surface area (Å²) < 4.78 is 11.1. The van der Waals surface area contributed by atoms with Crippen molar-refractivity contribution < 1.29 is 14.3 Å². The molecular formula is C14H18N2O3. The SMILES string of the molecule is NC[C@H]1CC[C@@H](C(=O)NC2COc3ccccc32)O1. The summed E-state index contributed by atoms with van der Waals surface area (Å²) in [5.41, 5.74) is 6.58. The number of hydrogen-bond acceptors (Lipinski definition) is 4. The number of para-hydroxylation sites is 1. The molecule has 0 aliphatic carbocycles. The van der Waals surface area contributed by atoms with Crippen molar-refractivity contribution in [1.29, 1.82) is 0 Å². The first-order chi connectivity index (χ1) is 9.28. The molecule has 0 aromatic heterocycles. The second-order valence-corrected chi connectivity index (χ2v) is 4.97. The lowest BCUT2D eigenvalue weighted by atomic mass is 10.1. The molecule has 1 aromatic rings. The number of carbonyl (C=O) groups excluding carboxylic acids is 1. The van der Waals surface area contributed by atoms with Crippen LogP contribution >= 0.6 is 0 Å².